The molecule has 1 unspecified atom stereocenters. The first-order valence-corrected chi connectivity index (χ1v) is 7.55. The molecule has 0 saturated carbocycles. The van der Waals surface area contributed by atoms with Crippen LogP contribution in [0.1, 0.15) is 31.9 Å². The van der Waals surface area contributed by atoms with Gasteiger partial charge >= 0.3 is 0 Å². The summed E-state index contributed by atoms with van der Waals surface area (Å²) < 4.78 is 5.71. The Morgan fingerprint density at radius 3 is 2.52 bits per heavy atom. The minimum absolute atomic E-state index is 0.0464. The van der Waals surface area contributed by atoms with Crippen LogP contribution in [0.4, 0.5) is 5.69 Å². The van der Waals surface area contributed by atoms with Crippen molar-refractivity contribution in [1.29, 1.82) is 0 Å². The van der Waals surface area contributed by atoms with Gasteiger partial charge in [-0.25, -0.2) is 0 Å². The van der Waals surface area contributed by atoms with Gasteiger partial charge in [-0.3, -0.25) is 9.69 Å². The Bertz CT molecular complexity index is 505. The Kier molecular flexibility index (Phi) is 4.69. The van der Waals surface area contributed by atoms with E-state index in [2.05, 4.69) is 24.1 Å². The average Bonchev–Trinajstić information content (AvgIpc) is 2.41. The van der Waals surface area contributed by atoms with Crippen LogP contribution in [0.25, 0.3) is 0 Å². The monoisotopic (exact) mass is 290 g/mol. The number of rotatable bonds is 3. The summed E-state index contributed by atoms with van der Waals surface area (Å²) in [6.45, 7) is 12.4. The van der Waals surface area contributed by atoms with Crippen LogP contribution >= 0.6 is 0 Å². The number of para-hydroxylation sites is 1. The smallest absolute Gasteiger partial charge is 0.241 e. The number of anilines is 1. The van der Waals surface area contributed by atoms with Crippen molar-refractivity contribution in [1.82, 2.24) is 4.90 Å². The standard InChI is InChI=1S/C17H26N2O2/c1-12-7-6-8-13(2)15(12)18-16(20)14(3)19-9-10-21-17(4,5)11-19/h6-8,14H,9-11H2,1-5H3,(H,18,20). The van der Waals surface area contributed by atoms with Gasteiger partial charge < -0.3 is 10.1 Å². The number of nitrogens with zero attached hydrogens (tertiary/aromatic N) is 1. The number of amides is 1. The molecule has 1 atom stereocenters. The van der Waals surface area contributed by atoms with Crippen molar-refractivity contribution in [2.45, 2.75) is 46.3 Å². The van der Waals surface area contributed by atoms with Crippen LogP contribution < -0.4 is 5.32 Å². The molecule has 0 spiro atoms. The van der Waals surface area contributed by atoms with Crippen LogP contribution in [0.3, 0.4) is 0 Å². The zero-order valence-corrected chi connectivity index (χ0v) is 13.7. The molecular weight excluding hydrogens is 264 g/mol. The number of hydrogen-bond donors (Lipinski definition) is 1. The third-order valence-corrected chi connectivity index (χ3v) is 4.11. The number of morpholine rings is 1. The summed E-state index contributed by atoms with van der Waals surface area (Å²) in [7, 11) is 0. The van der Waals surface area contributed by atoms with Gasteiger partial charge in [-0.2, -0.15) is 0 Å². The van der Waals surface area contributed by atoms with E-state index in [0.29, 0.717) is 6.61 Å². The fraction of sp³-hybridized carbons (Fsp3) is 0.588. The fourth-order valence-corrected chi connectivity index (χ4v) is 2.79. The van der Waals surface area contributed by atoms with Crippen LogP contribution in [0.15, 0.2) is 18.2 Å². The zero-order valence-electron chi connectivity index (χ0n) is 13.7. The number of nitrogens with one attached hydrogen (secondary N) is 1. The third kappa shape index (κ3) is 3.83. The second-order valence-electron chi connectivity index (χ2n) is 6.51. The lowest BCUT2D eigenvalue weighted by Gasteiger charge is -2.40. The van der Waals surface area contributed by atoms with E-state index in [1.54, 1.807) is 0 Å². The molecule has 0 bridgehead atoms. The molecule has 4 heteroatoms. The predicted octanol–water partition coefficient (Wildman–Crippen LogP) is 2.74. The van der Waals surface area contributed by atoms with E-state index >= 15 is 0 Å². The molecular formula is C17H26N2O2. The maximum atomic E-state index is 12.5. The van der Waals surface area contributed by atoms with E-state index in [1.165, 1.54) is 0 Å². The van der Waals surface area contributed by atoms with Crippen molar-refractivity contribution in [3.63, 3.8) is 0 Å². The lowest BCUT2D eigenvalue weighted by Crippen LogP contribution is -2.54. The molecule has 1 fully saturated rings. The predicted molar refractivity (Wildman–Crippen MR) is 85.6 cm³/mol. The molecule has 1 saturated heterocycles. The topological polar surface area (TPSA) is 41.6 Å². The molecule has 1 amide bonds. The van der Waals surface area contributed by atoms with Crippen LogP contribution in [-0.2, 0) is 9.53 Å². The van der Waals surface area contributed by atoms with Crippen molar-refractivity contribution in [3.05, 3.63) is 29.3 Å². The van der Waals surface area contributed by atoms with E-state index in [1.807, 2.05) is 39.0 Å². The van der Waals surface area contributed by atoms with Gasteiger partial charge in [-0.15, -0.1) is 0 Å². The van der Waals surface area contributed by atoms with Crippen LogP contribution in [-0.4, -0.2) is 42.1 Å². The molecule has 0 radical (unpaired) electrons. The van der Waals surface area contributed by atoms with Crippen molar-refractivity contribution in [2.75, 3.05) is 25.0 Å². The minimum atomic E-state index is -0.189. The highest BCUT2D eigenvalue weighted by Crippen LogP contribution is 2.22. The van der Waals surface area contributed by atoms with E-state index in [0.717, 1.165) is 29.9 Å². The first kappa shape index (κ1) is 16.0. The van der Waals surface area contributed by atoms with Gasteiger partial charge in [0.2, 0.25) is 5.91 Å². The first-order chi connectivity index (χ1) is 9.80. The minimum Gasteiger partial charge on any atom is -0.373 e. The normalized spacial score (nSPS) is 20.0. The number of ether oxygens (including phenoxy) is 1. The molecule has 0 aliphatic carbocycles. The summed E-state index contributed by atoms with van der Waals surface area (Å²) >= 11 is 0. The largest absolute Gasteiger partial charge is 0.373 e. The lowest BCUT2D eigenvalue weighted by molar-refractivity contribution is -0.129. The maximum absolute atomic E-state index is 12.5. The molecule has 0 aromatic heterocycles. The Labute approximate surface area is 127 Å². The van der Waals surface area contributed by atoms with Gasteiger partial charge in [0.25, 0.3) is 0 Å². The van der Waals surface area contributed by atoms with Gasteiger partial charge in [0.1, 0.15) is 0 Å². The number of hydrogen-bond acceptors (Lipinski definition) is 3. The Morgan fingerprint density at radius 2 is 1.95 bits per heavy atom. The maximum Gasteiger partial charge on any atom is 0.241 e. The molecule has 1 aromatic carbocycles. The van der Waals surface area contributed by atoms with E-state index in [9.17, 15) is 4.79 Å². The highest BCUT2D eigenvalue weighted by atomic mass is 16.5. The van der Waals surface area contributed by atoms with Gasteiger partial charge in [0, 0.05) is 18.8 Å². The summed E-state index contributed by atoms with van der Waals surface area (Å²) in [4.78, 5) is 14.7. The van der Waals surface area contributed by atoms with Crippen molar-refractivity contribution < 1.29 is 9.53 Å². The van der Waals surface area contributed by atoms with Gasteiger partial charge in [0.05, 0.1) is 18.2 Å². The second-order valence-corrected chi connectivity index (χ2v) is 6.51. The van der Waals surface area contributed by atoms with Crippen LogP contribution in [0.2, 0.25) is 0 Å². The Balaban J connectivity index is 2.06. The summed E-state index contributed by atoms with van der Waals surface area (Å²) in [5.74, 6) is 0.0464. The third-order valence-electron chi connectivity index (χ3n) is 4.11. The number of aryl methyl sites for hydroxylation is 2. The van der Waals surface area contributed by atoms with E-state index < -0.39 is 0 Å². The molecule has 1 heterocycles. The number of carbonyl (C=O) groups excluding carboxylic acids is 1. The SMILES string of the molecule is Cc1cccc(C)c1NC(=O)C(C)N1CCOC(C)(C)C1. The highest BCUT2D eigenvalue weighted by Gasteiger charge is 2.32. The van der Waals surface area contributed by atoms with Gasteiger partial charge in [-0.05, 0) is 45.7 Å². The van der Waals surface area contributed by atoms with E-state index in [4.69, 9.17) is 4.74 Å². The van der Waals surface area contributed by atoms with Crippen LogP contribution in [0.5, 0.6) is 0 Å². The van der Waals surface area contributed by atoms with Gasteiger partial charge in [0.15, 0.2) is 0 Å². The van der Waals surface area contributed by atoms with Crippen molar-refractivity contribution in [2.24, 2.45) is 0 Å². The molecule has 1 aliphatic rings. The zero-order chi connectivity index (χ0) is 15.6. The Morgan fingerprint density at radius 1 is 1.33 bits per heavy atom. The average molecular weight is 290 g/mol. The summed E-state index contributed by atoms with van der Waals surface area (Å²) in [6, 6.07) is 5.89. The fourth-order valence-electron chi connectivity index (χ4n) is 2.79. The Hall–Kier alpha value is -1.39. The van der Waals surface area contributed by atoms with Crippen molar-refractivity contribution >= 4 is 11.6 Å². The molecule has 1 aliphatic heterocycles. The summed E-state index contributed by atoms with van der Waals surface area (Å²) in [6.07, 6.45) is 0. The molecule has 1 aromatic rings. The molecule has 1 N–H and O–H groups in total. The highest BCUT2D eigenvalue weighted by molar-refractivity contribution is 5.95. The molecule has 4 nitrogen and oxygen atoms in total. The first-order valence-electron chi connectivity index (χ1n) is 7.55. The molecule has 21 heavy (non-hydrogen) atoms. The molecule has 2 rings (SSSR count). The quantitative estimate of drug-likeness (QED) is 0.930. The lowest BCUT2D eigenvalue weighted by atomic mass is 10.1. The molecule has 116 valence electrons. The van der Waals surface area contributed by atoms with Gasteiger partial charge in [-0.1, -0.05) is 18.2 Å². The van der Waals surface area contributed by atoms with E-state index in [-0.39, 0.29) is 17.6 Å². The summed E-state index contributed by atoms with van der Waals surface area (Å²) in [5.41, 5.74) is 2.93. The van der Waals surface area contributed by atoms with Crippen molar-refractivity contribution in [3.8, 4) is 0 Å². The number of benzene rings is 1. The number of carbonyl (C=O) groups is 1. The second kappa shape index (κ2) is 6.16. The van der Waals surface area contributed by atoms with Crippen LogP contribution in [0, 0.1) is 13.8 Å². The summed E-state index contributed by atoms with van der Waals surface area (Å²) in [5, 5.41) is 3.08.